The number of benzene rings is 2. The van der Waals surface area contributed by atoms with E-state index in [0.29, 0.717) is 16.3 Å². The zero-order valence-electron chi connectivity index (χ0n) is 10.7. The van der Waals surface area contributed by atoms with Gasteiger partial charge in [0, 0.05) is 10.9 Å². The zero-order valence-corrected chi connectivity index (χ0v) is 11.4. The van der Waals surface area contributed by atoms with E-state index in [4.69, 9.17) is 11.6 Å². The lowest BCUT2D eigenvalue weighted by molar-refractivity contribution is 0.102. The molecule has 0 saturated carbocycles. The van der Waals surface area contributed by atoms with Gasteiger partial charge in [0.25, 0.3) is 5.91 Å². The van der Waals surface area contributed by atoms with Gasteiger partial charge in [0.1, 0.15) is 11.0 Å². The average molecular weight is 302 g/mol. The Hall–Kier alpha value is -2.53. The Kier molecular flexibility index (Phi) is 3.50. The molecule has 0 unspecified atom stereocenters. The Morgan fingerprint density at radius 2 is 1.86 bits per heavy atom. The minimum Gasteiger partial charge on any atom is -0.305 e. The van der Waals surface area contributed by atoms with Gasteiger partial charge in [0.2, 0.25) is 0 Å². The third-order valence-electron chi connectivity index (χ3n) is 2.96. The molecule has 4 nitrogen and oxygen atoms in total. The van der Waals surface area contributed by atoms with Crippen molar-refractivity contribution in [3.05, 3.63) is 65.3 Å². The summed E-state index contributed by atoms with van der Waals surface area (Å²) in [7, 11) is 0. The molecule has 2 aromatic carbocycles. The van der Waals surface area contributed by atoms with E-state index in [1.807, 2.05) is 0 Å². The van der Waals surface area contributed by atoms with Crippen LogP contribution in [0.25, 0.3) is 10.8 Å². The number of fused-ring (bicyclic) bond motifs is 1. The van der Waals surface area contributed by atoms with Crippen LogP contribution in [0.2, 0.25) is 5.15 Å². The van der Waals surface area contributed by atoms with Crippen LogP contribution >= 0.6 is 11.6 Å². The summed E-state index contributed by atoms with van der Waals surface area (Å²) in [6, 6.07) is 9.48. The average Bonchev–Trinajstić information content (AvgIpc) is 2.48. The number of amides is 1. The third kappa shape index (κ3) is 2.68. The number of carbonyl (C=O) groups excluding carboxylic acids is 1. The Bertz CT molecular complexity index is 838. The zero-order chi connectivity index (χ0) is 14.8. The van der Waals surface area contributed by atoms with Crippen molar-refractivity contribution in [1.29, 1.82) is 0 Å². The maximum atomic E-state index is 13.7. The highest BCUT2D eigenvalue weighted by atomic mass is 35.5. The van der Waals surface area contributed by atoms with E-state index >= 15 is 0 Å². The molecule has 0 aliphatic heterocycles. The molecule has 1 heterocycles. The lowest BCUT2D eigenvalue weighted by Gasteiger charge is -2.08. The Morgan fingerprint density at radius 3 is 2.62 bits per heavy atom. The molecule has 0 fully saturated rings. The van der Waals surface area contributed by atoms with Crippen LogP contribution in [0.5, 0.6) is 0 Å². The van der Waals surface area contributed by atoms with Gasteiger partial charge in [-0.05, 0) is 17.5 Å². The van der Waals surface area contributed by atoms with Gasteiger partial charge in [-0.1, -0.05) is 35.9 Å². The highest BCUT2D eigenvalue weighted by molar-refractivity contribution is 6.29. The minimum atomic E-state index is -0.400. The largest absolute Gasteiger partial charge is 0.305 e. The number of hydrogen-bond donors (Lipinski definition) is 1. The van der Waals surface area contributed by atoms with Crippen molar-refractivity contribution < 1.29 is 9.18 Å². The number of anilines is 1. The first-order valence-corrected chi connectivity index (χ1v) is 6.49. The molecule has 1 amide bonds. The summed E-state index contributed by atoms with van der Waals surface area (Å²) in [5, 5.41) is 3.69. The first kappa shape index (κ1) is 13.5. The molecular weight excluding hydrogens is 293 g/mol. The van der Waals surface area contributed by atoms with Crippen LogP contribution in [0.3, 0.4) is 0 Å². The molecule has 0 aliphatic rings. The summed E-state index contributed by atoms with van der Waals surface area (Å²) in [5.41, 5.74) is 0.355. The molecule has 1 aromatic heterocycles. The van der Waals surface area contributed by atoms with E-state index in [2.05, 4.69) is 15.3 Å². The van der Waals surface area contributed by atoms with Crippen molar-refractivity contribution in [2.45, 2.75) is 0 Å². The smallest absolute Gasteiger partial charge is 0.257 e. The molecule has 0 spiro atoms. The molecule has 1 N–H and O–H groups in total. The second-order valence-electron chi connectivity index (χ2n) is 4.32. The van der Waals surface area contributed by atoms with Crippen LogP contribution in [0, 0.1) is 5.82 Å². The molecule has 0 saturated heterocycles. The van der Waals surface area contributed by atoms with Gasteiger partial charge in [0.15, 0.2) is 5.82 Å². The van der Waals surface area contributed by atoms with Crippen LogP contribution in [0.15, 0.2) is 48.8 Å². The van der Waals surface area contributed by atoms with E-state index in [0.717, 1.165) is 0 Å². The molecule has 3 rings (SSSR count). The van der Waals surface area contributed by atoms with Crippen LogP contribution in [0.4, 0.5) is 10.2 Å². The van der Waals surface area contributed by atoms with E-state index in [1.165, 1.54) is 24.5 Å². The number of carbonyl (C=O) groups is 1. The van der Waals surface area contributed by atoms with Gasteiger partial charge >= 0.3 is 0 Å². The van der Waals surface area contributed by atoms with Crippen molar-refractivity contribution >= 4 is 34.1 Å². The summed E-state index contributed by atoms with van der Waals surface area (Å²) in [6.45, 7) is 0. The fourth-order valence-electron chi connectivity index (χ4n) is 2.05. The predicted octanol–water partition coefficient (Wildman–Crippen LogP) is 3.67. The van der Waals surface area contributed by atoms with E-state index in [9.17, 15) is 9.18 Å². The normalized spacial score (nSPS) is 10.6. The second-order valence-corrected chi connectivity index (χ2v) is 4.71. The number of aromatic nitrogens is 2. The predicted molar refractivity (Wildman–Crippen MR) is 78.9 cm³/mol. The second kappa shape index (κ2) is 5.46. The van der Waals surface area contributed by atoms with Crippen molar-refractivity contribution in [2.75, 3.05) is 5.32 Å². The highest BCUT2D eigenvalue weighted by Crippen LogP contribution is 2.22. The van der Waals surface area contributed by atoms with Gasteiger partial charge in [-0.25, -0.2) is 9.37 Å². The highest BCUT2D eigenvalue weighted by Gasteiger charge is 2.13. The maximum absolute atomic E-state index is 13.7. The van der Waals surface area contributed by atoms with Crippen LogP contribution in [-0.4, -0.2) is 15.9 Å². The molecule has 0 bridgehead atoms. The van der Waals surface area contributed by atoms with E-state index in [-0.39, 0.29) is 16.8 Å². The lowest BCUT2D eigenvalue weighted by Crippen LogP contribution is -2.13. The van der Waals surface area contributed by atoms with Gasteiger partial charge in [-0.2, -0.15) is 0 Å². The first-order chi connectivity index (χ1) is 10.1. The summed E-state index contributed by atoms with van der Waals surface area (Å²) in [5.74, 6) is -0.534. The van der Waals surface area contributed by atoms with Crippen LogP contribution in [-0.2, 0) is 0 Å². The Morgan fingerprint density at radius 1 is 1.10 bits per heavy atom. The van der Waals surface area contributed by atoms with Crippen molar-refractivity contribution in [2.24, 2.45) is 0 Å². The van der Waals surface area contributed by atoms with Crippen LogP contribution < -0.4 is 5.32 Å². The number of nitrogens with one attached hydrogen (secondary N) is 1. The summed E-state index contributed by atoms with van der Waals surface area (Å²) < 4.78 is 13.7. The number of nitrogens with zero attached hydrogens (tertiary/aromatic N) is 2. The SMILES string of the molecule is O=C(Nc1cncc(Cl)n1)c1ccc(F)c2ccccc12. The van der Waals surface area contributed by atoms with Crippen molar-refractivity contribution in [1.82, 2.24) is 9.97 Å². The van der Waals surface area contributed by atoms with Gasteiger partial charge in [-0.3, -0.25) is 9.78 Å². The Labute approximate surface area is 124 Å². The van der Waals surface area contributed by atoms with Gasteiger partial charge in [-0.15, -0.1) is 0 Å². The third-order valence-corrected chi connectivity index (χ3v) is 3.14. The molecular formula is C15H9ClFN3O. The minimum absolute atomic E-state index is 0.178. The molecule has 21 heavy (non-hydrogen) atoms. The molecule has 0 aliphatic carbocycles. The number of hydrogen-bond acceptors (Lipinski definition) is 3. The van der Waals surface area contributed by atoms with Crippen LogP contribution in [0.1, 0.15) is 10.4 Å². The molecule has 3 aromatic rings. The van der Waals surface area contributed by atoms with Crippen molar-refractivity contribution in [3.63, 3.8) is 0 Å². The fraction of sp³-hybridized carbons (Fsp3) is 0. The fourth-order valence-corrected chi connectivity index (χ4v) is 2.19. The standard InChI is InChI=1S/C15H9ClFN3O/c16-13-7-18-8-14(19-13)20-15(21)11-5-6-12(17)10-4-2-1-3-9(10)11/h1-8H,(H,19,20,21). The molecule has 0 atom stereocenters. The summed E-state index contributed by atoms with van der Waals surface area (Å²) >= 11 is 5.72. The number of halogens is 2. The summed E-state index contributed by atoms with van der Waals surface area (Å²) in [6.07, 6.45) is 2.75. The van der Waals surface area contributed by atoms with Crippen molar-refractivity contribution in [3.8, 4) is 0 Å². The monoisotopic (exact) mass is 301 g/mol. The number of rotatable bonds is 2. The van der Waals surface area contributed by atoms with E-state index in [1.54, 1.807) is 24.3 Å². The topological polar surface area (TPSA) is 54.9 Å². The summed E-state index contributed by atoms with van der Waals surface area (Å²) in [4.78, 5) is 20.1. The molecule has 104 valence electrons. The van der Waals surface area contributed by atoms with E-state index < -0.39 is 5.91 Å². The quantitative estimate of drug-likeness (QED) is 0.785. The Balaban J connectivity index is 2.01. The van der Waals surface area contributed by atoms with Gasteiger partial charge < -0.3 is 5.32 Å². The van der Waals surface area contributed by atoms with Gasteiger partial charge in [0.05, 0.1) is 12.4 Å². The lowest BCUT2D eigenvalue weighted by atomic mass is 10.0. The molecule has 0 radical (unpaired) electrons. The first-order valence-electron chi connectivity index (χ1n) is 6.11. The molecule has 6 heteroatoms. The maximum Gasteiger partial charge on any atom is 0.257 e.